The Kier molecular flexibility index (Phi) is 3.56. The summed E-state index contributed by atoms with van der Waals surface area (Å²) in [5.74, 6) is -1.57. The fourth-order valence-corrected chi connectivity index (χ4v) is 2.36. The Morgan fingerprint density at radius 3 is 2.58 bits per heavy atom. The Labute approximate surface area is 134 Å². The molecule has 2 aromatic rings. The van der Waals surface area contributed by atoms with E-state index in [1.165, 1.54) is 16.9 Å². The second-order valence-corrected chi connectivity index (χ2v) is 5.07. The lowest BCUT2D eigenvalue weighted by Crippen LogP contribution is -2.37. The molecule has 0 radical (unpaired) electrons. The number of rotatable bonds is 4. The third-order valence-corrected chi connectivity index (χ3v) is 3.56. The van der Waals surface area contributed by atoms with Crippen molar-refractivity contribution in [2.24, 2.45) is 7.05 Å². The Bertz CT molecular complexity index is 887. The van der Waals surface area contributed by atoms with Crippen molar-refractivity contribution in [3.05, 3.63) is 51.7 Å². The minimum Gasteiger partial charge on any atom is -0.309 e. The van der Waals surface area contributed by atoms with Crippen molar-refractivity contribution < 1.29 is 19.3 Å². The molecular formula is C14H11N5O5. The van der Waals surface area contributed by atoms with Crippen LogP contribution >= 0.6 is 0 Å². The van der Waals surface area contributed by atoms with Crippen molar-refractivity contribution in [1.82, 2.24) is 14.7 Å². The third kappa shape index (κ3) is 2.49. The molecule has 1 aliphatic rings. The highest BCUT2D eigenvalue weighted by Gasteiger charge is 2.37. The number of nitrogens with one attached hydrogen (secondary N) is 1. The number of nitro groups is 1. The van der Waals surface area contributed by atoms with E-state index < -0.39 is 29.2 Å². The summed E-state index contributed by atoms with van der Waals surface area (Å²) in [6.07, 6.45) is 1.48. The van der Waals surface area contributed by atoms with Gasteiger partial charge in [0.25, 0.3) is 17.5 Å². The summed E-state index contributed by atoms with van der Waals surface area (Å²) >= 11 is 0. The maximum absolute atomic E-state index is 12.3. The van der Waals surface area contributed by atoms with Crippen LogP contribution < -0.4 is 5.32 Å². The van der Waals surface area contributed by atoms with Gasteiger partial charge in [0, 0.05) is 25.2 Å². The number of amides is 3. The monoisotopic (exact) mass is 329 g/mol. The quantitative estimate of drug-likeness (QED) is 0.496. The zero-order valence-corrected chi connectivity index (χ0v) is 12.4. The molecule has 10 nitrogen and oxygen atoms in total. The van der Waals surface area contributed by atoms with Crippen LogP contribution in [0.15, 0.2) is 30.5 Å². The maximum Gasteiger partial charge on any atom is 0.270 e. The molecule has 1 aromatic carbocycles. The first kappa shape index (κ1) is 15.3. The standard InChI is InChI=1S/C14H11N5O5/c1-17-11(4-5-15-17)16-12(20)7-18-13(21)9-3-2-8(19(23)24)6-10(9)14(18)22/h2-6H,7H2,1H3,(H,16,20). The van der Waals surface area contributed by atoms with Gasteiger partial charge in [0.2, 0.25) is 5.91 Å². The van der Waals surface area contributed by atoms with Crippen LogP contribution in [-0.4, -0.2) is 43.9 Å². The molecule has 122 valence electrons. The van der Waals surface area contributed by atoms with E-state index in [1.54, 1.807) is 13.1 Å². The van der Waals surface area contributed by atoms with Crippen LogP contribution in [0.2, 0.25) is 0 Å². The van der Waals surface area contributed by atoms with E-state index in [0.717, 1.165) is 17.0 Å². The highest BCUT2D eigenvalue weighted by atomic mass is 16.6. The number of nitrogens with zero attached hydrogens (tertiary/aromatic N) is 4. The van der Waals surface area contributed by atoms with Crippen LogP contribution in [0, 0.1) is 10.1 Å². The van der Waals surface area contributed by atoms with Crippen LogP contribution in [0.1, 0.15) is 20.7 Å². The zero-order valence-electron chi connectivity index (χ0n) is 12.4. The van der Waals surface area contributed by atoms with Crippen molar-refractivity contribution >= 4 is 29.2 Å². The number of nitro benzene ring substituents is 1. The summed E-state index contributed by atoms with van der Waals surface area (Å²) in [6, 6.07) is 4.95. The van der Waals surface area contributed by atoms with E-state index in [1.807, 2.05) is 0 Å². The van der Waals surface area contributed by atoms with Crippen LogP contribution in [-0.2, 0) is 11.8 Å². The topological polar surface area (TPSA) is 127 Å². The minimum absolute atomic E-state index is 0.0407. The lowest BCUT2D eigenvalue weighted by atomic mass is 10.1. The van der Waals surface area contributed by atoms with Crippen molar-refractivity contribution in [2.75, 3.05) is 11.9 Å². The molecule has 0 spiro atoms. The van der Waals surface area contributed by atoms with E-state index in [4.69, 9.17) is 0 Å². The average molecular weight is 329 g/mol. The molecule has 3 rings (SSSR count). The van der Waals surface area contributed by atoms with Crippen LogP contribution in [0.4, 0.5) is 11.5 Å². The number of fused-ring (bicyclic) bond motifs is 1. The first-order valence-electron chi connectivity index (χ1n) is 6.81. The number of benzene rings is 1. The van der Waals surface area contributed by atoms with Gasteiger partial charge in [-0.15, -0.1) is 0 Å². The van der Waals surface area contributed by atoms with E-state index in [0.29, 0.717) is 5.82 Å². The Morgan fingerprint density at radius 2 is 1.96 bits per heavy atom. The summed E-state index contributed by atoms with van der Waals surface area (Å²) in [5.41, 5.74) is -0.336. The third-order valence-electron chi connectivity index (χ3n) is 3.56. The largest absolute Gasteiger partial charge is 0.309 e. The molecule has 1 N–H and O–H groups in total. The fourth-order valence-electron chi connectivity index (χ4n) is 2.36. The van der Waals surface area contributed by atoms with Crippen LogP contribution in [0.3, 0.4) is 0 Å². The molecule has 0 atom stereocenters. The first-order valence-corrected chi connectivity index (χ1v) is 6.81. The molecule has 10 heteroatoms. The molecule has 2 heterocycles. The van der Waals surface area contributed by atoms with Crippen molar-refractivity contribution in [3.8, 4) is 0 Å². The second kappa shape index (κ2) is 5.57. The second-order valence-electron chi connectivity index (χ2n) is 5.07. The summed E-state index contributed by atoms with van der Waals surface area (Å²) in [4.78, 5) is 47.4. The first-order chi connectivity index (χ1) is 11.4. The lowest BCUT2D eigenvalue weighted by Gasteiger charge is -2.13. The van der Waals surface area contributed by atoms with Gasteiger partial charge in [-0.3, -0.25) is 34.1 Å². The fraction of sp³-hybridized carbons (Fsp3) is 0.143. The summed E-state index contributed by atoms with van der Waals surface area (Å²) in [7, 11) is 1.62. The van der Waals surface area contributed by atoms with Gasteiger partial charge in [-0.25, -0.2) is 0 Å². The molecule has 1 aliphatic heterocycles. The normalized spacial score (nSPS) is 13.1. The number of carbonyl (C=O) groups is 3. The van der Waals surface area contributed by atoms with Gasteiger partial charge in [0.15, 0.2) is 0 Å². The summed E-state index contributed by atoms with van der Waals surface area (Å²) < 4.78 is 1.42. The van der Waals surface area contributed by atoms with Gasteiger partial charge in [-0.1, -0.05) is 0 Å². The van der Waals surface area contributed by atoms with Crippen LogP contribution in [0.5, 0.6) is 0 Å². The average Bonchev–Trinajstić information content (AvgIpc) is 3.04. The summed E-state index contributed by atoms with van der Waals surface area (Å²) in [5, 5.41) is 17.2. The van der Waals surface area contributed by atoms with E-state index in [9.17, 15) is 24.5 Å². The molecule has 0 saturated carbocycles. The molecule has 0 aliphatic carbocycles. The number of aromatic nitrogens is 2. The predicted octanol–water partition coefficient (Wildman–Crippen LogP) is 0.563. The number of non-ortho nitro benzene ring substituents is 1. The van der Waals surface area contributed by atoms with E-state index in [2.05, 4.69) is 10.4 Å². The molecule has 24 heavy (non-hydrogen) atoms. The molecule has 0 fully saturated rings. The van der Waals surface area contributed by atoms with E-state index >= 15 is 0 Å². The van der Waals surface area contributed by atoms with Crippen molar-refractivity contribution in [1.29, 1.82) is 0 Å². The molecule has 3 amide bonds. The maximum atomic E-state index is 12.3. The van der Waals surface area contributed by atoms with Gasteiger partial charge in [0.05, 0.1) is 22.2 Å². The van der Waals surface area contributed by atoms with Gasteiger partial charge in [0.1, 0.15) is 12.4 Å². The number of anilines is 1. The van der Waals surface area contributed by atoms with Gasteiger partial charge >= 0.3 is 0 Å². The van der Waals surface area contributed by atoms with Gasteiger partial charge < -0.3 is 5.32 Å². The lowest BCUT2D eigenvalue weighted by molar-refractivity contribution is -0.384. The zero-order chi connectivity index (χ0) is 17.4. The summed E-state index contributed by atoms with van der Waals surface area (Å²) in [6.45, 7) is -0.495. The minimum atomic E-state index is -0.737. The van der Waals surface area contributed by atoms with Crippen molar-refractivity contribution in [3.63, 3.8) is 0 Å². The Balaban J connectivity index is 1.79. The number of hydrogen-bond donors (Lipinski definition) is 1. The molecular weight excluding hydrogens is 318 g/mol. The van der Waals surface area contributed by atoms with Gasteiger partial charge in [-0.05, 0) is 6.07 Å². The predicted molar refractivity (Wildman–Crippen MR) is 80.3 cm³/mol. The highest BCUT2D eigenvalue weighted by molar-refractivity contribution is 6.23. The Hall–Kier alpha value is -3.56. The molecule has 0 saturated heterocycles. The number of carbonyl (C=O) groups excluding carboxylic acids is 3. The number of imide groups is 1. The van der Waals surface area contributed by atoms with Crippen molar-refractivity contribution in [2.45, 2.75) is 0 Å². The molecule has 0 bridgehead atoms. The molecule has 1 aromatic heterocycles. The van der Waals surface area contributed by atoms with Crippen LogP contribution in [0.25, 0.3) is 0 Å². The number of hydrogen-bond acceptors (Lipinski definition) is 6. The molecule has 0 unspecified atom stereocenters. The SMILES string of the molecule is Cn1nccc1NC(=O)CN1C(=O)c2ccc([N+](=O)[O-])cc2C1=O. The van der Waals surface area contributed by atoms with Gasteiger partial charge in [-0.2, -0.15) is 5.10 Å². The highest BCUT2D eigenvalue weighted by Crippen LogP contribution is 2.26. The Morgan fingerprint density at radius 1 is 1.25 bits per heavy atom. The van der Waals surface area contributed by atoms with E-state index in [-0.39, 0.29) is 16.8 Å². The number of aryl methyl sites for hydroxylation is 1. The smallest absolute Gasteiger partial charge is 0.270 e.